The Kier molecular flexibility index (Phi) is 4.90. The van der Waals surface area contributed by atoms with E-state index in [0.717, 1.165) is 19.6 Å². The molecule has 0 radical (unpaired) electrons. The van der Waals surface area contributed by atoms with Crippen molar-refractivity contribution in [3.63, 3.8) is 0 Å². The van der Waals surface area contributed by atoms with Crippen molar-refractivity contribution in [2.75, 3.05) is 40.3 Å². The SMILES string of the molecule is CN1CCN(C)C(CNC(=O)c2ccnc(Br)c2)C1. The van der Waals surface area contributed by atoms with Crippen molar-refractivity contribution >= 4 is 21.8 Å². The molecule has 2 rings (SSSR count). The first kappa shape index (κ1) is 14.4. The van der Waals surface area contributed by atoms with Gasteiger partial charge in [-0.2, -0.15) is 0 Å². The molecular weight excluding hydrogens is 308 g/mol. The molecule has 6 heteroatoms. The zero-order valence-corrected chi connectivity index (χ0v) is 12.9. The lowest BCUT2D eigenvalue weighted by atomic mass is 10.1. The van der Waals surface area contributed by atoms with Crippen LogP contribution in [0.4, 0.5) is 0 Å². The van der Waals surface area contributed by atoms with E-state index in [-0.39, 0.29) is 5.91 Å². The Hall–Kier alpha value is -0.980. The number of rotatable bonds is 3. The molecule has 1 fully saturated rings. The molecule has 19 heavy (non-hydrogen) atoms. The van der Waals surface area contributed by atoms with Crippen molar-refractivity contribution in [2.45, 2.75) is 6.04 Å². The molecular formula is C13H19BrN4O. The first-order chi connectivity index (χ1) is 9.06. The predicted octanol–water partition coefficient (Wildman–Crippen LogP) is 0.820. The molecule has 1 amide bonds. The summed E-state index contributed by atoms with van der Waals surface area (Å²) in [5.41, 5.74) is 0.633. The topological polar surface area (TPSA) is 48.5 Å². The normalized spacial score (nSPS) is 21.3. The fraction of sp³-hybridized carbons (Fsp3) is 0.538. The van der Waals surface area contributed by atoms with Crippen molar-refractivity contribution in [1.29, 1.82) is 0 Å². The minimum absolute atomic E-state index is 0.0512. The number of amides is 1. The summed E-state index contributed by atoms with van der Waals surface area (Å²) in [5, 5.41) is 2.99. The van der Waals surface area contributed by atoms with E-state index >= 15 is 0 Å². The van der Waals surface area contributed by atoms with E-state index in [4.69, 9.17) is 0 Å². The number of piperazine rings is 1. The second-order valence-corrected chi connectivity index (χ2v) is 5.79. The van der Waals surface area contributed by atoms with Crippen LogP contribution >= 0.6 is 15.9 Å². The van der Waals surface area contributed by atoms with E-state index in [0.29, 0.717) is 22.8 Å². The van der Waals surface area contributed by atoms with E-state index in [1.54, 1.807) is 18.3 Å². The highest BCUT2D eigenvalue weighted by molar-refractivity contribution is 9.10. The van der Waals surface area contributed by atoms with Gasteiger partial charge in [-0.25, -0.2) is 4.98 Å². The first-order valence-electron chi connectivity index (χ1n) is 6.35. The maximum Gasteiger partial charge on any atom is 0.251 e. The van der Waals surface area contributed by atoms with E-state index in [9.17, 15) is 4.79 Å². The molecule has 1 aromatic heterocycles. The fourth-order valence-electron chi connectivity index (χ4n) is 2.18. The summed E-state index contributed by atoms with van der Waals surface area (Å²) in [6.45, 7) is 3.77. The van der Waals surface area contributed by atoms with Gasteiger partial charge in [0.05, 0.1) is 0 Å². The van der Waals surface area contributed by atoms with Crippen LogP contribution in [0, 0.1) is 0 Å². The van der Waals surface area contributed by atoms with Crippen LogP contribution in [0.25, 0.3) is 0 Å². The molecule has 1 aliphatic heterocycles. The molecule has 0 aliphatic carbocycles. The highest BCUT2D eigenvalue weighted by atomic mass is 79.9. The smallest absolute Gasteiger partial charge is 0.251 e. The summed E-state index contributed by atoms with van der Waals surface area (Å²) in [5.74, 6) is -0.0512. The number of likely N-dealkylation sites (N-methyl/N-ethyl adjacent to an activating group) is 2. The van der Waals surface area contributed by atoms with Crippen LogP contribution in [0.1, 0.15) is 10.4 Å². The molecule has 1 atom stereocenters. The predicted molar refractivity (Wildman–Crippen MR) is 78.2 cm³/mol. The van der Waals surface area contributed by atoms with Crippen LogP contribution in [0.15, 0.2) is 22.9 Å². The summed E-state index contributed by atoms with van der Waals surface area (Å²) < 4.78 is 0.676. The maximum atomic E-state index is 12.0. The number of hydrogen-bond acceptors (Lipinski definition) is 4. The summed E-state index contributed by atoms with van der Waals surface area (Å²) in [6, 6.07) is 3.82. The summed E-state index contributed by atoms with van der Waals surface area (Å²) in [4.78, 5) is 20.6. The third kappa shape index (κ3) is 3.99. The van der Waals surface area contributed by atoms with Gasteiger partial charge in [-0.1, -0.05) is 0 Å². The van der Waals surface area contributed by atoms with Gasteiger partial charge in [0, 0.05) is 44.0 Å². The number of nitrogens with zero attached hydrogens (tertiary/aromatic N) is 3. The quantitative estimate of drug-likeness (QED) is 0.835. The van der Waals surface area contributed by atoms with Gasteiger partial charge >= 0.3 is 0 Å². The van der Waals surface area contributed by atoms with Crippen LogP contribution < -0.4 is 5.32 Å². The van der Waals surface area contributed by atoms with E-state index < -0.39 is 0 Å². The zero-order valence-electron chi connectivity index (χ0n) is 11.3. The Morgan fingerprint density at radius 3 is 3.05 bits per heavy atom. The number of carbonyl (C=O) groups is 1. The molecule has 1 aromatic rings. The van der Waals surface area contributed by atoms with Crippen molar-refractivity contribution in [3.8, 4) is 0 Å². The second kappa shape index (κ2) is 6.45. The number of nitrogens with one attached hydrogen (secondary N) is 1. The van der Waals surface area contributed by atoms with Gasteiger partial charge in [0.25, 0.3) is 5.91 Å². The fourth-order valence-corrected chi connectivity index (χ4v) is 2.54. The Labute approximate surface area is 122 Å². The van der Waals surface area contributed by atoms with E-state index in [2.05, 4.69) is 50.1 Å². The standard InChI is InChI=1S/C13H19BrN4O/c1-17-5-6-18(2)11(9-17)8-16-13(19)10-3-4-15-12(14)7-10/h3-4,7,11H,5-6,8-9H2,1-2H3,(H,16,19). The Morgan fingerprint density at radius 2 is 2.32 bits per heavy atom. The molecule has 0 bridgehead atoms. The lowest BCUT2D eigenvalue weighted by Crippen LogP contribution is -2.54. The van der Waals surface area contributed by atoms with Crippen LogP contribution in [0.2, 0.25) is 0 Å². The van der Waals surface area contributed by atoms with Crippen LogP contribution in [-0.4, -0.2) is 67.0 Å². The molecule has 0 saturated carbocycles. The highest BCUT2D eigenvalue weighted by Gasteiger charge is 2.22. The Bertz CT molecular complexity index is 454. The lowest BCUT2D eigenvalue weighted by Gasteiger charge is -2.37. The van der Waals surface area contributed by atoms with Gasteiger partial charge in [-0.05, 0) is 42.2 Å². The maximum absolute atomic E-state index is 12.0. The van der Waals surface area contributed by atoms with E-state index in [1.807, 2.05) is 0 Å². The third-order valence-electron chi connectivity index (χ3n) is 3.47. The number of aromatic nitrogens is 1. The van der Waals surface area contributed by atoms with Crippen LogP contribution in [-0.2, 0) is 0 Å². The summed E-state index contributed by atoms with van der Waals surface area (Å²) >= 11 is 3.27. The van der Waals surface area contributed by atoms with E-state index in [1.165, 1.54) is 0 Å². The molecule has 1 saturated heterocycles. The van der Waals surface area contributed by atoms with Crippen molar-refractivity contribution < 1.29 is 4.79 Å². The molecule has 2 heterocycles. The monoisotopic (exact) mass is 326 g/mol. The average Bonchev–Trinajstić information content (AvgIpc) is 2.39. The number of hydrogen-bond donors (Lipinski definition) is 1. The van der Waals surface area contributed by atoms with Gasteiger partial charge in [-0.15, -0.1) is 0 Å². The number of carbonyl (C=O) groups excluding carboxylic acids is 1. The third-order valence-corrected chi connectivity index (χ3v) is 3.90. The van der Waals surface area contributed by atoms with Gasteiger partial charge in [0.15, 0.2) is 0 Å². The second-order valence-electron chi connectivity index (χ2n) is 4.97. The van der Waals surface area contributed by atoms with Crippen molar-refractivity contribution in [1.82, 2.24) is 20.1 Å². The van der Waals surface area contributed by atoms with Crippen LogP contribution in [0.3, 0.4) is 0 Å². The zero-order chi connectivity index (χ0) is 13.8. The summed E-state index contributed by atoms with van der Waals surface area (Å²) in [7, 11) is 4.22. The van der Waals surface area contributed by atoms with Gasteiger partial charge in [-0.3, -0.25) is 9.69 Å². The van der Waals surface area contributed by atoms with Gasteiger partial charge < -0.3 is 10.2 Å². The van der Waals surface area contributed by atoms with Crippen molar-refractivity contribution in [2.24, 2.45) is 0 Å². The molecule has 1 aliphatic rings. The van der Waals surface area contributed by atoms with Gasteiger partial charge in [0.2, 0.25) is 0 Å². The number of halogens is 1. The first-order valence-corrected chi connectivity index (χ1v) is 7.14. The molecule has 1 unspecified atom stereocenters. The minimum Gasteiger partial charge on any atom is -0.350 e. The van der Waals surface area contributed by atoms with Gasteiger partial charge in [0.1, 0.15) is 4.60 Å². The molecule has 0 spiro atoms. The molecule has 0 aromatic carbocycles. The minimum atomic E-state index is -0.0512. The Balaban J connectivity index is 1.89. The molecule has 5 nitrogen and oxygen atoms in total. The number of pyridine rings is 1. The van der Waals surface area contributed by atoms with Crippen LogP contribution in [0.5, 0.6) is 0 Å². The highest BCUT2D eigenvalue weighted by Crippen LogP contribution is 2.09. The van der Waals surface area contributed by atoms with Crippen molar-refractivity contribution in [3.05, 3.63) is 28.5 Å². The lowest BCUT2D eigenvalue weighted by molar-refractivity contribution is 0.0881. The molecule has 1 N–H and O–H groups in total. The summed E-state index contributed by atoms with van der Waals surface area (Å²) in [6.07, 6.45) is 1.62. The Morgan fingerprint density at radius 1 is 1.53 bits per heavy atom. The average molecular weight is 327 g/mol. The molecule has 104 valence electrons. The largest absolute Gasteiger partial charge is 0.350 e.